The van der Waals surface area contributed by atoms with Gasteiger partial charge in [0, 0.05) is 53.5 Å². The number of halogens is 1. The molecule has 0 saturated carbocycles. The molecule has 0 aliphatic carbocycles. The number of nitrogens with zero attached hydrogens (tertiary/aromatic N) is 7. The first-order valence-electron chi connectivity index (χ1n) is 19.9. The van der Waals surface area contributed by atoms with Gasteiger partial charge in [0.2, 0.25) is 5.91 Å². The van der Waals surface area contributed by atoms with Crippen LogP contribution in [0.15, 0.2) is 65.8 Å². The molecular formula is C45H45ClN8O4S. The third kappa shape index (κ3) is 8.17. The molecule has 8 rings (SSSR count). The fraction of sp³-hybridized carbons (Fsp3) is 0.356. The third-order valence-electron chi connectivity index (χ3n) is 11.4. The number of ether oxygens (including phenoxy) is 1. The van der Waals surface area contributed by atoms with Crippen LogP contribution < -0.4 is 10.1 Å². The number of thiophene rings is 1. The van der Waals surface area contributed by atoms with E-state index in [1.807, 2.05) is 62.5 Å². The van der Waals surface area contributed by atoms with Crippen LogP contribution in [0.5, 0.6) is 5.75 Å². The predicted molar refractivity (Wildman–Crippen MR) is 227 cm³/mol. The monoisotopic (exact) mass is 828 g/mol. The van der Waals surface area contributed by atoms with Gasteiger partial charge in [0.15, 0.2) is 5.82 Å². The topological polar surface area (TPSA) is 135 Å². The summed E-state index contributed by atoms with van der Waals surface area (Å²) >= 11 is 7.86. The predicted octanol–water partition coefficient (Wildman–Crippen LogP) is 6.65. The number of carbonyl (C=O) groups excluding carboxylic acids is 3. The van der Waals surface area contributed by atoms with Crippen LogP contribution in [-0.4, -0.2) is 86.1 Å². The smallest absolute Gasteiger partial charge is 0.255 e. The van der Waals surface area contributed by atoms with E-state index in [4.69, 9.17) is 26.3 Å². The zero-order chi connectivity index (χ0) is 41.2. The van der Waals surface area contributed by atoms with Gasteiger partial charge in [0.05, 0.1) is 23.7 Å². The van der Waals surface area contributed by atoms with Crippen molar-refractivity contribution in [2.45, 2.75) is 71.6 Å². The van der Waals surface area contributed by atoms with Crippen LogP contribution in [0.3, 0.4) is 0 Å². The van der Waals surface area contributed by atoms with Crippen LogP contribution >= 0.6 is 22.9 Å². The molecule has 3 aliphatic heterocycles. The number of aliphatic imine (C=N–C) groups is 1. The number of piperidine rings is 1. The van der Waals surface area contributed by atoms with E-state index in [2.05, 4.69) is 49.8 Å². The number of aldehydes is 1. The molecule has 1 unspecified atom stereocenters. The number of pyridine rings is 1. The van der Waals surface area contributed by atoms with Crippen molar-refractivity contribution in [3.63, 3.8) is 0 Å². The van der Waals surface area contributed by atoms with Crippen LogP contribution in [0.4, 0.5) is 0 Å². The number of likely N-dealkylation sites (N-methyl/N-ethyl adjacent to an activating group) is 1. The van der Waals surface area contributed by atoms with Crippen molar-refractivity contribution < 1.29 is 19.1 Å². The highest BCUT2D eigenvalue weighted by molar-refractivity contribution is 7.15. The highest BCUT2D eigenvalue weighted by Crippen LogP contribution is 2.39. The second kappa shape index (κ2) is 17.3. The van der Waals surface area contributed by atoms with Crippen molar-refractivity contribution in [3.8, 4) is 22.6 Å². The number of fused-ring (bicyclic) bond motifs is 4. The van der Waals surface area contributed by atoms with E-state index in [1.54, 1.807) is 29.4 Å². The summed E-state index contributed by atoms with van der Waals surface area (Å²) in [6.07, 6.45) is 5.16. The van der Waals surface area contributed by atoms with Gasteiger partial charge in [-0.05, 0) is 112 Å². The SMILES string of the molecule is CNC(=O)C(CCC=O)N1Cc2c(OCC3CCN(Cc4ccc(C#Cc5sc6c(c5C)C(c5ccc(Cl)cc5)=N[C@@H](C)c5nnc(C)n5-6)nc4)CC3)cccc2C1=O. The maximum atomic E-state index is 13.3. The molecule has 12 nitrogen and oxygen atoms in total. The maximum Gasteiger partial charge on any atom is 0.255 e. The minimum absolute atomic E-state index is 0.181. The molecule has 14 heteroatoms. The summed E-state index contributed by atoms with van der Waals surface area (Å²) in [5.41, 5.74) is 7.14. The first-order chi connectivity index (χ1) is 28.6. The Kier molecular flexibility index (Phi) is 11.7. The average Bonchev–Trinajstić information content (AvgIpc) is 3.88. The van der Waals surface area contributed by atoms with Crippen LogP contribution in [0, 0.1) is 31.6 Å². The third-order valence-corrected chi connectivity index (χ3v) is 12.8. The number of likely N-dealkylation sites (tertiary alicyclic amines) is 1. The lowest BCUT2D eigenvalue weighted by Crippen LogP contribution is -2.46. The lowest BCUT2D eigenvalue weighted by molar-refractivity contribution is -0.125. The molecule has 6 heterocycles. The van der Waals surface area contributed by atoms with E-state index in [9.17, 15) is 14.4 Å². The van der Waals surface area contributed by atoms with Gasteiger partial charge in [-0.3, -0.25) is 24.0 Å². The van der Waals surface area contributed by atoms with E-state index in [0.717, 1.165) is 93.8 Å². The molecule has 59 heavy (non-hydrogen) atoms. The van der Waals surface area contributed by atoms with Crippen LogP contribution in [0.25, 0.3) is 5.00 Å². The van der Waals surface area contributed by atoms with Crippen molar-refractivity contribution in [1.82, 2.24) is 34.9 Å². The lowest BCUT2D eigenvalue weighted by atomic mass is 9.97. The Hall–Kier alpha value is -5.68. The Morgan fingerprint density at radius 1 is 1.08 bits per heavy atom. The second-order valence-corrected chi connectivity index (χ2v) is 16.7. The van der Waals surface area contributed by atoms with Gasteiger partial charge in [-0.1, -0.05) is 35.9 Å². The van der Waals surface area contributed by atoms with Gasteiger partial charge >= 0.3 is 0 Å². The minimum atomic E-state index is -0.710. The standard InChI is InChI=1S/C45H45ClN8O4S/c1-27-39(59-45-40(27)41(32-11-13-33(46)14-12-32)49-28(2)42-51-50-29(3)54(42)45)17-16-34-15-10-31(23-48-34)24-52-20-18-30(19-21-52)26-58-38-9-5-7-35-36(38)25-53(44(35)57)37(8-6-22-55)43(56)47-4/h5,7,9-15,22-23,28,30,37H,6,8,18-21,24-26H2,1-4H3,(H,47,56)/t28-,37?/m0/s1. The molecule has 2 atom stereocenters. The normalized spacial score (nSPS) is 16.9. The van der Waals surface area contributed by atoms with Crippen LogP contribution in [-0.2, 0) is 22.7 Å². The fourth-order valence-corrected chi connectivity index (χ4v) is 9.47. The Balaban J connectivity index is 0.887. The molecule has 3 aromatic heterocycles. The summed E-state index contributed by atoms with van der Waals surface area (Å²) in [7, 11) is 1.54. The first kappa shape index (κ1) is 40.1. The molecule has 0 bridgehead atoms. The lowest BCUT2D eigenvalue weighted by Gasteiger charge is -2.32. The number of hydrogen-bond acceptors (Lipinski definition) is 10. The first-order valence-corrected chi connectivity index (χ1v) is 21.1. The van der Waals surface area contributed by atoms with Gasteiger partial charge < -0.3 is 19.7 Å². The number of rotatable bonds is 11. The van der Waals surface area contributed by atoms with Crippen molar-refractivity contribution in [2.24, 2.45) is 10.9 Å². The van der Waals surface area contributed by atoms with E-state index in [1.165, 1.54) is 0 Å². The maximum absolute atomic E-state index is 13.3. The largest absolute Gasteiger partial charge is 0.493 e. The molecular weight excluding hydrogens is 784 g/mol. The summed E-state index contributed by atoms with van der Waals surface area (Å²) < 4.78 is 8.45. The van der Waals surface area contributed by atoms with Crippen LogP contribution in [0.2, 0.25) is 5.02 Å². The Morgan fingerprint density at radius 3 is 2.61 bits per heavy atom. The number of hydrogen-bond donors (Lipinski definition) is 1. The molecule has 0 radical (unpaired) electrons. The van der Waals surface area contributed by atoms with Gasteiger partial charge in [-0.15, -0.1) is 21.5 Å². The second-order valence-electron chi connectivity index (χ2n) is 15.3. The highest BCUT2D eigenvalue weighted by Gasteiger charge is 2.37. The van der Waals surface area contributed by atoms with Gasteiger partial charge in [-0.2, -0.15) is 0 Å². The molecule has 5 aromatic rings. The summed E-state index contributed by atoms with van der Waals surface area (Å²) in [6, 6.07) is 16.5. The summed E-state index contributed by atoms with van der Waals surface area (Å²) in [5, 5.41) is 13.2. The molecule has 3 aliphatic rings. The zero-order valence-electron chi connectivity index (χ0n) is 33.5. The highest BCUT2D eigenvalue weighted by atomic mass is 35.5. The quantitative estimate of drug-likeness (QED) is 0.116. The molecule has 1 N–H and O–H groups in total. The van der Waals surface area contributed by atoms with E-state index >= 15 is 0 Å². The minimum Gasteiger partial charge on any atom is -0.493 e. The van der Waals surface area contributed by atoms with E-state index in [-0.39, 0.29) is 37.2 Å². The number of aryl methyl sites for hydroxylation is 1. The van der Waals surface area contributed by atoms with Gasteiger partial charge in [-0.25, -0.2) is 4.98 Å². The zero-order valence-corrected chi connectivity index (χ0v) is 35.1. The summed E-state index contributed by atoms with van der Waals surface area (Å²) in [5.74, 6) is 8.89. The van der Waals surface area contributed by atoms with Gasteiger partial charge in [0.1, 0.15) is 40.6 Å². The Morgan fingerprint density at radius 2 is 1.88 bits per heavy atom. The molecule has 1 saturated heterocycles. The van der Waals surface area contributed by atoms with Gasteiger partial charge in [0.25, 0.3) is 5.91 Å². The number of benzene rings is 2. The Labute approximate surface area is 352 Å². The van der Waals surface area contributed by atoms with E-state index < -0.39 is 6.04 Å². The molecule has 2 aromatic carbocycles. The number of nitrogens with one attached hydrogen (secondary N) is 1. The number of aromatic nitrogens is 4. The fourth-order valence-electron chi connectivity index (χ4n) is 8.12. The molecule has 2 amide bonds. The van der Waals surface area contributed by atoms with Crippen LogP contribution in [0.1, 0.15) is 99.0 Å². The molecule has 302 valence electrons. The molecule has 0 spiro atoms. The molecule has 1 fully saturated rings. The number of carbonyl (C=O) groups is 3. The summed E-state index contributed by atoms with van der Waals surface area (Å²) in [4.78, 5) is 51.8. The van der Waals surface area contributed by atoms with Crippen molar-refractivity contribution in [3.05, 3.63) is 121 Å². The van der Waals surface area contributed by atoms with Crippen molar-refractivity contribution in [1.29, 1.82) is 0 Å². The Bertz CT molecular complexity index is 2490. The summed E-state index contributed by atoms with van der Waals surface area (Å²) in [6.45, 7) is 9.62. The number of amides is 2. The van der Waals surface area contributed by atoms with E-state index in [0.29, 0.717) is 34.6 Å². The average molecular weight is 829 g/mol. The van der Waals surface area contributed by atoms with Crippen molar-refractivity contribution in [2.75, 3.05) is 26.7 Å². The van der Waals surface area contributed by atoms with Crippen molar-refractivity contribution >= 4 is 46.7 Å².